The van der Waals surface area contributed by atoms with E-state index in [2.05, 4.69) is 22.2 Å². The summed E-state index contributed by atoms with van der Waals surface area (Å²) in [6.45, 7) is 3.04. The van der Waals surface area contributed by atoms with Crippen molar-refractivity contribution in [3.05, 3.63) is 18.0 Å². The third kappa shape index (κ3) is 5.89. The number of aliphatic hydroxyl groups is 1. The Morgan fingerprint density at radius 1 is 1.37 bits per heavy atom. The summed E-state index contributed by atoms with van der Waals surface area (Å²) in [7, 11) is 0. The predicted molar refractivity (Wildman–Crippen MR) is 69.3 cm³/mol. The van der Waals surface area contributed by atoms with Crippen LogP contribution in [-0.2, 0) is 6.54 Å². The average molecular weight is 274 g/mol. The van der Waals surface area contributed by atoms with E-state index in [1.165, 1.54) is 4.90 Å². The molecule has 0 amide bonds. The SMILES string of the molecule is CCCNCc1cnc(N(CCO)CC(F)F)nc1. The Kier molecular flexibility index (Phi) is 7.20. The van der Waals surface area contributed by atoms with Gasteiger partial charge < -0.3 is 15.3 Å². The van der Waals surface area contributed by atoms with Crippen molar-refractivity contribution in [2.24, 2.45) is 0 Å². The molecule has 2 N–H and O–H groups in total. The van der Waals surface area contributed by atoms with Gasteiger partial charge in [0.2, 0.25) is 5.95 Å². The molecule has 0 unspecified atom stereocenters. The standard InChI is InChI=1S/C12H20F2N4O/c1-2-3-15-6-10-7-16-12(17-8-10)18(4-5-19)9-11(13)14/h7-8,11,15,19H,2-6,9H2,1H3. The predicted octanol–water partition coefficient (Wildman–Crippen LogP) is 1.04. The maximum Gasteiger partial charge on any atom is 0.255 e. The molecule has 0 bridgehead atoms. The minimum Gasteiger partial charge on any atom is -0.395 e. The van der Waals surface area contributed by atoms with Gasteiger partial charge in [-0.2, -0.15) is 0 Å². The highest BCUT2D eigenvalue weighted by Crippen LogP contribution is 2.09. The van der Waals surface area contributed by atoms with Crippen LogP contribution < -0.4 is 10.2 Å². The van der Waals surface area contributed by atoms with Gasteiger partial charge in [-0.15, -0.1) is 0 Å². The van der Waals surface area contributed by atoms with Crippen LogP contribution in [0.3, 0.4) is 0 Å². The highest BCUT2D eigenvalue weighted by molar-refractivity contribution is 5.29. The molecule has 108 valence electrons. The van der Waals surface area contributed by atoms with E-state index >= 15 is 0 Å². The molecule has 19 heavy (non-hydrogen) atoms. The van der Waals surface area contributed by atoms with E-state index in [1.807, 2.05) is 0 Å². The molecule has 1 aromatic heterocycles. The van der Waals surface area contributed by atoms with Crippen molar-refractivity contribution in [2.75, 3.05) is 31.1 Å². The minimum atomic E-state index is -2.49. The molecule has 5 nitrogen and oxygen atoms in total. The molecule has 0 saturated heterocycles. The molecule has 0 aliphatic heterocycles. The second-order valence-corrected chi connectivity index (χ2v) is 4.13. The normalized spacial score (nSPS) is 11.0. The van der Waals surface area contributed by atoms with Gasteiger partial charge in [-0.1, -0.05) is 6.92 Å². The fourth-order valence-corrected chi connectivity index (χ4v) is 1.57. The molecule has 7 heteroatoms. The number of aliphatic hydroxyl groups excluding tert-OH is 1. The zero-order chi connectivity index (χ0) is 14.1. The van der Waals surface area contributed by atoms with Crippen LogP contribution in [0.4, 0.5) is 14.7 Å². The molecular weight excluding hydrogens is 254 g/mol. The molecule has 0 aromatic carbocycles. The molecular formula is C12H20F2N4O. The number of halogens is 2. The van der Waals surface area contributed by atoms with Crippen LogP contribution in [0.5, 0.6) is 0 Å². The van der Waals surface area contributed by atoms with Crippen LogP contribution >= 0.6 is 0 Å². The lowest BCUT2D eigenvalue weighted by molar-refractivity contribution is 0.152. The minimum absolute atomic E-state index is 0.0950. The van der Waals surface area contributed by atoms with Gasteiger partial charge in [0.05, 0.1) is 13.2 Å². The molecule has 1 rings (SSSR count). The largest absolute Gasteiger partial charge is 0.395 e. The Hall–Kier alpha value is -1.34. The molecule has 0 aliphatic carbocycles. The lowest BCUT2D eigenvalue weighted by Gasteiger charge is -2.20. The van der Waals surface area contributed by atoms with Crippen LogP contribution in [0.15, 0.2) is 12.4 Å². The molecule has 0 aliphatic rings. The monoisotopic (exact) mass is 274 g/mol. The highest BCUT2D eigenvalue weighted by Gasteiger charge is 2.14. The second kappa shape index (κ2) is 8.71. The molecule has 1 heterocycles. The van der Waals surface area contributed by atoms with E-state index in [-0.39, 0.29) is 19.1 Å². The fraction of sp³-hybridized carbons (Fsp3) is 0.667. The van der Waals surface area contributed by atoms with Crippen molar-refractivity contribution < 1.29 is 13.9 Å². The van der Waals surface area contributed by atoms with Crippen LogP contribution in [0.2, 0.25) is 0 Å². The summed E-state index contributed by atoms with van der Waals surface area (Å²) in [5.41, 5.74) is 0.901. The summed E-state index contributed by atoms with van der Waals surface area (Å²) in [4.78, 5) is 9.39. The zero-order valence-electron chi connectivity index (χ0n) is 11.0. The smallest absolute Gasteiger partial charge is 0.255 e. The Balaban J connectivity index is 2.60. The van der Waals surface area contributed by atoms with Gasteiger partial charge in [0.25, 0.3) is 6.43 Å². The van der Waals surface area contributed by atoms with Crippen LogP contribution in [0.1, 0.15) is 18.9 Å². The Morgan fingerprint density at radius 3 is 2.58 bits per heavy atom. The van der Waals surface area contributed by atoms with E-state index in [0.717, 1.165) is 18.5 Å². The molecule has 0 fully saturated rings. The lowest BCUT2D eigenvalue weighted by atomic mass is 10.3. The Labute approximate surface area is 111 Å². The summed E-state index contributed by atoms with van der Waals surface area (Å²) < 4.78 is 24.8. The fourth-order valence-electron chi connectivity index (χ4n) is 1.57. The van der Waals surface area contributed by atoms with Gasteiger partial charge in [-0.05, 0) is 13.0 Å². The number of hydrogen-bond donors (Lipinski definition) is 2. The summed E-state index contributed by atoms with van der Waals surface area (Å²) in [5, 5.41) is 12.1. The summed E-state index contributed by atoms with van der Waals surface area (Å²) in [6, 6.07) is 0. The zero-order valence-corrected chi connectivity index (χ0v) is 11.0. The average Bonchev–Trinajstić information content (AvgIpc) is 2.39. The van der Waals surface area contributed by atoms with Gasteiger partial charge >= 0.3 is 0 Å². The van der Waals surface area contributed by atoms with Crippen LogP contribution in [-0.4, -0.2) is 47.7 Å². The first-order chi connectivity index (χ1) is 9.17. The first-order valence-corrected chi connectivity index (χ1v) is 6.33. The van der Waals surface area contributed by atoms with E-state index < -0.39 is 13.0 Å². The lowest BCUT2D eigenvalue weighted by Crippen LogP contribution is -2.33. The summed E-state index contributed by atoms with van der Waals surface area (Å²) in [5.74, 6) is 0.216. The van der Waals surface area contributed by atoms with Crippen molar-refractivity contribution in [3.63, 3.8) is 0 Å². The third-order valence-corrected chi connectivity index (χ3v) is 2.46. The second-order valence-electron chi connectivity index (χ2n) is 4.13. The van der Waals surface area contributed by atoms with Gasteiger partial charge in [0.1, 0.15) is 0 Å². The van der Waals surface area contributed by atoms with Crippen molar-refractivity contribution >= 4 is 5.95 Å². The van der Waals surface area contributed by atoms with E-state index in [1.54, 1.807) is 12.4 Å². The Morgan fingerprint density at radius 2 is 2.05 bits per heavy atom. The highest BCUT2D eigenvalue weighted by atomic mass is 19.3. The molecule has 1 aromatic rings. The number of rotatable bonds is 9. The van der Waals surface area contributed by atoms with Crippen LogP contribution in [0.25, 0.3) is 0 Å². The van der Waals surface area contributed by atoms with E-state index in [4.69, 9.17) is 5.11 Å². The van der Waals surface area contributed by atoms with Gasteiger partial charge in [0, 0.05) is 31.0 Å². The summed E-state index contributed by atoms with van der Waals surface area (Å²) in [6.07, 6.45) is 1.78. The number of hydrogen-bond acceptors (Lipinski definition) is 5. The van der Waals surface area contributed by atoms with Crippen molar-refractivity contribution in [3.8, 4) is 0 Å². The van der Waals surface area contributed by atoms with Gasteiger partial charge in [-0.3, -0.25) is 0 Å². The Bertz CT molecular complexity index is 348. The topological polar surface area (TPSA) is 61.3 Å². The maximum absolute atomic E-state index is 12.4. The van der Waals surface area contributed by atoms with Crippen molar-refractivity contribution in [1.82, 2.24) is 15.3 Å². The number of nitrogens with one attached hydrogen (secondary N) is 1. The molecule has 0 saturated carbocycles. The van der Waals surface area contributed by atoms with E-state index in [9.17, 15) is 8.78 Å². The molecule has 0 atom stereocenters. The van der Waals surface area contributed by atoms with Crippen molar-refractivity contribution in [2.45, 2.75) is 26.3 Å². The van der Waals surface area contributed by atoms with Crippen LogP contribution in [0, 0.1) is 0 Å². The number of aromatic nitrogens is 2. The first kappa shape index (κ1) is 15.7. The third-order valence-electron chi connectivity index (χ3n) is 2.46. The van der Waals surface area contributed by atoms with Crippen molar-refractivity contribution in [1.29, 1.82) is 0 Å². The molecule has 0 spiro atoms. The first-order valence-electron chi connectivity index (χ1n) is 6.33. The summed E-state index contributed by atoms with van der Waals surface area (Å²) >= 11 is 0. The number of alkyl halides is 2. The number of anilines is 1. The maximum atomic E-state index is 12.4. The molecule has 0 radical (unpaired) electrons. The van der Waals surface area contributed by atoms with E-state index in [0.29, 0.717) is 6.54 Å². The number of nitrogens with zero attached hydrogens (tertiary/aromatic N) is 3. The van der Waals surface area contributed by atoms with Gasteiger partial charge in [0.15, 0.2) is 0 Å². The van der Waals surface area contributed by atoms with Gasteiger partial charge in [-0.25, -0.2) is 18.7 Å². The quantitative estimate of drug-likeness (QED) is 0.659.